The zero-order valence-corrected chi connectivity index (χ0v) is 15.2. The average molecular weight is 401 g/mol. The lowest BCUT2D eigenvalue weighted by atomic mass is 9.82. The number of carbonyl (C=O) groups excluding carboxylic acids is 1. The molecular weight excluding hydrogens is 387 g/mol. The van der Waals surface area contributed by atoms with Crippen LogP contribution in [0.15, 0.2) is 29.4 Å². The second-order valence-corrected chi connectivity index (χ2v) is 7.98. The van der Waals surface area contributed by atoms with Crippen LogP contribution in [0.5, 0.6) is 0 Å². The topological polar surface area (TPSA) is 115 Å². The van der Waals surface area contributed by atoms with Crippen molar-refractivity contribution in [2.24, 2.45) is 5.14 Å². The first-order valence-electron chi connectivity index (χ1n) is 7.42. The Morgan fingerprint density at radius 1 is 1.28 bits per heavy atom. The fourth-order valence-corrected chi connectivity index (χ4v) is 3.48. The molecule has 1 fully saturated rings. The van der Waals surface area contributed by atoms with Crippen LogP contribution in [-0.2, 0) is 10.0 Å². The summed E-state index contributed by atoms with van der Waals surface area (Å²) in [5.74, 6) is -0.286. The van der Waals surface area contributed by atoms with E-state index in [1.165, 1.54) is 18.3 Å². The summed E-state index contributed by atoms with van der Waals surface area (Å²) in [4.78, 5) is 20.3. The van der Waals surface area contributed by atoms with Gasteiger partial charge in [-0.15, -0.1) is 0 Å². The van der Waals surface area contributed by atoms with E-state index >= 15 is 0 Å². The number of hydrogen-bond donors (Lipinski definition) is 2. The van der Waals surface area contributed by atoms with Crippen LogP contribution in [0.3, 0.4) is 0 Å². The van der Waals surface area contributed by atoms with Crippen LogP contribution >= 0.6 is 23.2 Å². The molecule has 3 rings (SSSR count). The van der Waals surface area contributed by atoms with Crippen LogP contribution in [0.4, 0.5) is 5.69 Å². The van der Waals surface area contributed by atoms with Gasteiger partial charge in [0.15, 0.2) is 5.03 Å². The van der Waals surface area contributed by atoms with Crippen LogP contribution in [0.1, 0.15) is 41.2 Å². The van der Waals surface area contributed by atoms with Gasteiger partial charge >= 0.3 is 0 Å². The van der Waals surface area contributed by atoms with Crippen molar-refractivity contribution in [3.05, 3.63) is 45.8 Å². The molecule has 1 aliphatic carbocycles. The van der Waals surface area contributed by atoms with Gasteiger partial charge in [-0.2, -0.15) is 0 Å². The standard InChI is InChI=1S/C15H14Cl2N4O3S/c16-11-7-10(14(17)21-13(11)8-2-1-3-8)15(22)20-9-4-5-19-12(6-9)25(18,23)24/h4-8H,1-3H2,(H2,18,23,24)(H,19,20,22). The number of nitrogens with zero attached hydrogens (tertiary/aromatic N) is 2. The number of pyridine rings is 2. The molecule has 0 bridgehead atoms. The minimum atomic E-state index is -3.97. The van der Waals surface area contributed by atoms with Crippen molar-refractivity contribution in [2.45, 2.75) is 30.2 Å². The van der Waals surface area contributed by atoms with E-state index in [9.17, 15) is 13.2 Å². The smallest absolute Gasteiger partial charge is 0.258 e. The van der Waals surface area contributed by atoms with Crippen molar-refractivity contribution in [1.82, 2.24) is 9.97 Å². The summed E-state index contributed by atoms with van der Waals surface area (Å²) in [6.45, 7) is 0. The van der Waals surface area contributed by atoms with E-state index < -0.39 is 15.9 Å². The molecular formula is C15H14Cl2N4O3S. The van der Waals surface area contributed by atoms with Crippen LogP contribution in [0, 0.1) is 0 Å². The highest BCUT2D eigenvalue weighted by Crippen LogP contribution is 2.39. The van der Waals surface area contributed by atoms with Crippen LogP contribution < -0.4 is 10.5 Å². The molecule has 1 aliphatic rings. The minimum absolute atomic E-state index is 0.0459. The second-order valence-electron chi connectivity index (χ2n) is 5.70. The summed E-state index contributed by atoms with van der Waals surface area (Å²) in [6, 6.07) is 4.05. The Bertz CT molecular complexity index is 946. The summed E-state index contributed by atoms with van der Waals surface area (Å²) in [5.41, 5.74) is 1.01. The van der Waals surface area contributed by atoms with Gasteiger partial charge in [-0.25, -0.2) is 23.5 Å². The highest BCUT2D eigenvalue weighted by molar-refractivity contribution is 7.89. The number of rotatable bonds is 4. The number of hydrogen-bond acceptors (Lipinski definition) is 5. The first-order chi connectivity index (χ1) is 11.8. The third kappa shape index (κ3) is 3.92. The molecule has 1 amide bonds. The molecule has 2 aromatic rings. The number of nitrogens with one attached hydrogen (secondary N) is 1. The number of aromatic nitrogens is 2. The van der Waals surface area contributed by atoms with E-state index in [1.807, 2.05) is 0 Å². The molecule has 0 aromatic carbocycles. The Morgan fingerprint density at radius 3 is 2.60 bits per heavy atom. The minimum Gasteiger partial charge on any atom is -0.322 e. The van der Waals surface area contributed by atoms with Gasteiger partial charge in [0.2, 0.25) is 0 Å². The van der Waals surface area contributed by atoms with E-state index in [0.29, 0.717) is 10.7 Å². The van der Waals surface area contributed by atoms with E-state index in [4.69, 9.17) is 28.3 Å². The Labute approximate surface area is 154 Å². The van der Waals surface area contributed by atoms with E-state index in [-0.39, 0.29) is 27.3 Å². The number of amides is 1. The van der Waals surface area contributed by atoms with Crippen molar-refractivity contribution in [2.75, 3.05) is 5.32 Å². The van der Waals surface area contributed by atoms with Crippen LogP contribution in [0.2, 0.25) is 10.2 Å². The lowest BCUT2D eigenvalue weighted by Crippen LogP contribution is -2.17. The molecule has 25 heavy (non-hydrogen) atoms. The maximum absolute atomic E-state index is 12.4. The molecule has 2 aromatic heterocycles. The predicted octanol–water partition coefficient (Wildman–Crippen LogP) is 2.95. The fourth-order valence-electron chi connectivity index (χ4n) is 2.45. The number of anilines is 1. The van der Waals surface area contributed by atoms with Crippen molar-refractivity contribution >= 4 is 44.8 Å². The Hall–Kier alpha value is -1.74. The fraction of sp³-hybridized carbons (Fsp3) is 0.267. The predicted molar refractivity (Wildman–Crippen MR) is 94.4 cm³/mol. The maximum Gasteiger partial charge on any atom is 0.258 e. The summed E-state index contributed by atoms with van der Waals surface area (Å²) >= 11 is 12.4. The van der Waals surface area contributed by atoms with Gasteiger partial charge in [0.05, 0.1) is 16.3 Å². The largest absolute Gasteiger partial charge is 0.322 e. The summed E-state index contributed by atoms with van der Waals surface area (Å²) in [7, 11) is -3.97. The first-order valence-corrected chi connectivity index (χ1v) is 9.72. The SMILES string of the molecule is NS(=O)(=O)c1cc(NC(=O)c2cc(Cl)c(C3CCC3)nc2Cl)ccn1. The molecule has 2 heterocycles. The molecule has 1 saturated carbocycles. The van der Waals surface area contributed by atoms with Gasteiger partial charge in [-0.3, -0.25) is 4.79 Å². The lowest BCUT2D eigenvalue weighted by Gasteiger charge is -2.26. The highest BCUT2D eigenvalue weighted by atomic mass is 35.5. The number of carbonyl (C=O) groups is 1. The van der Waals surface area contributed by atoms with Crippen molar-refractivity contribution in [3.63, 3.8) is 0 Å². The van der Waals surface area contributed by atoms with Crippen LogP contribution in [0.25, 0.3) is 0 Å². The monoisotopic (exact) mass is 400 g/mol. The molecule has 0 aliphatic heterocycles. The summed E-state index contributed by atoms with van der Waals surface area (Å²) in [5, 5.41) is 7.64. The summed E-state index contributed by atoms with van der Waals surface area (Å²) < 4.78 is 22.7. The molecule has 0 unspecified atom stereocenters. The van der Waals surface area contributed by atoms with Crippen molar-refractivity contribution < 1.29 is 13.2 Å². The van der Waals surface area contributed by atoms with Crippen molar-refractivity contribution in [1.29, 1.82) is 0 Å². The Kier molecular flexibility index (Phi) is 4.97. The average Bonchev–Trinajstić information content (AvgIpc) is 2.48. The second kappa shape index (κ2) is 6.87. The molecule has 0 spiro atoms. The van der Waals surface area contributed by atoms with Gasteiger partial charge in [-0.1, -0.05) is 29.6 Å². The van der Waals surface area contributed by atoms with Gasteiger partial charge < -0.3 is 5.32 Å². The zero-order valence-electron chi connectivity index (χ0n) is 12.9. The molecule has 10 heteroatoms. The van der Waals surface area contributed by atoms with Crippen LogP contribution in [-0.4, -0.2) is 24.3 Å². The molecule has 0 saturated heterocycles. The van der Waals surface area contributed by atoms with Gasteiger partial charge in [0.1, 0.15) is 5.15 Å². The molecule has 132 valence electrons. The van der Waals surface area contributed by atoms with Gasteiger partial charge in [-0.05, 0) is 25.0 Å². The van der Waals surface area contributed by atoms with Gasteiger partial charge in [0.25, 0.3) is 15.9 Å². The molecule has 7 nitrogen and oxygen atoms in total. The van der Waals surface area contributed by atoms with E-state index in [1.54, 1.807) is 0 Å². The third-order valence-electron chi connectivity index (χ3n) is 3.98. The lowest BCUT2D eigenvalue weighted by molar-refractivity contribution is 0.102. The Morgan fingerprint density at radius 2 is 2.00 bits per heavy atom. The normalized spacial score (nSPS) is 14.8. The van der Waals surface area contributed by atoms with Crippen molar-refractivity contribution in [3.8, 4) is 0 Å². The first kappa shape index (κ1) is 18.1. The number of sulfonamides is 1. The molecule has 0 radical (unpaired) electrons. The molecule has 3 N–H and O–H groups in total. The number of halogens is 2. The molecule has 0 atom stereocenters. The third-order valence-corrected chi connectivity index (χ3v) is 5.37. The van der Waals surface area contributed by atoms with E-state index in [2.05, 4.69) is 15.3 Å². The quantitative estimate of drug-likeness (QED) is 0.765. The van der Waals surface area contributed by atoms with Gasteiger partial charge in [0, 0.05) is 23.9 Å². The maximum atomic E-state index is 12.4. The Balaban J connectivity index is 1.85. The highest BCUT2D eigenvalue weighted by Gasteiger charge is 2.25. The number of nitrogens with two attached hydrogens (primary N) is 1. The van der Waals surface area contributed by atoms with E-state index in [0.717, 1.165) is 25.3 Å². The summed E-state index contributed by atoms with van der Waals surface area (Å²) in [6.07, 6.45) is 4.35. The zero-order chi connectivity index (χ0) is 18.2. The number of primary sulfonamides is 1.